The van der Waals surface area contributed by atoms with Crippen molar-refractivity contribution in [3.63, 3.8) is 0 Å². The first-order chi connectivity index (χ1) is 23.7. The fourth-order valence-electron chi connectivity index (χ4n) is 7.99. The quantitative estimate of drug-likeness (QED) is 0.221. The molecule has 1 spiro atoms. The fourth-order valence-corrected chi connectivity index (χ4v) is 7.99. The minimum atomic E-state index is -0.523. The summed E-state index contributed by atoms with van der Waals surface area (Å²) in [5, 5.41) is 23.8. The van der Waals surface area contributed by atoms with Crippen molar-refractivity contribution in [3.05, 3.63) is 42.4 Å². The zero-order chi connectivity index (χ0) is 33.8. The molecule has 3 atom stereocenters. The van der Waals surface area contributed by atoms with Crippen LogP contribution in [0.15, 0.2) is 36.7 Å². The zero-order valence-electron chi connectivity index (χ0n) is 29.0. The van der Waals surface area contributed by atoms with E-state index in [0.717, 1.165) is 97.6 Å². The number of hydrogen-bond acceptors (Lipinski definition) is 10. The first-order valence-electron chi connectivity index (χ1n) is 17.9. The molecule has 4 aromatic rings. The number of anilines is 1. The van der Waals surface area contributed by atoms with Gasteiger partial charge in [-0.2, -0.15) is 10.2 Å². The highest BCUT2D eigenvalue weighted by Gasteiger charge is 2.62. The van der Waals surface area contributed by atoms with E-state index in [1.54, 1.807) is 11.8 Å². The lowest BCUT2D eigenvalue weighted by molar-refractivity contribution is -0.0366. The third-order valence-corrected chi connectivity index (χ3v) is 10.7. The summed E-state index contributed by atoms with van der Waals surface area (Å²) in [4.78, 5) is 17.9. The van der Waals surface area contributed by atoms with E-state index in [0.29, 0.717) is 12.0 Å². The smallest absolute Gasteiger partial charge is 0.410 e. The number of methoxy groups -OCH3 is 1. The van der Waals surface area contributed by atoms with Gasteiger partial charge >= 0.3 is 6.09 Å². The molecular weight excluding hydrogens is 622 g/mol. The second-order valence-electron chi connectivity index (χ2n) is 15.3. The summed E-state index contributed by atoms with van der Waals surface area (Å²) in [5.74, 6) is 1.55. The Morgan fingerprint density at radius 3 is 2.65 bits per heavy atom. The summed E-state index contributed by atoms with van der Waals surface area (Å²) in [6.07, 6.45) is 13.4. The summed E-state index contributed by atoms with van der Waals surface area (Å²) in [7, 11) is 1.67. The molecular formula is C36H47N9O4. The maximum absolute atomic E-state index is 13.5. The lowest BCUT2D eigenvalue weighted by Gasteiger charge is -2.42. The van der Waals surface area contributed by atoms with Gasteiger partial charge in [0.05, 0.1) is 43.3 Å². The van der Waals surface area contributed by atoms with Gasteiger partial charge in [-0.05, 0) is 95.8 Å². The summed E-state index contributed by atoms with van der Waals surface area (Å²) >= 11 is 0. The van der Waals surface area contributed by atoms with Crippen molar-refractivity contribution >= 4 is 22.8 Å². The van der Waals surface area contributed by atoms with Crippen LogP contribution in [0, 0.1) is 5.41 Å². The van der Waals surface area contributed by atoms with Crippen molar-refractivity contribution in [2.24, 2.45) is 5.41 Å². The summed E-state index contributed by atoms with van der Waals surface area (Å²) in [5.41, 5.74) is 3.17. The van der Waals surface area contributed by atoms with Crippen LogP contribution in [0.5, 0.6) is 5.75 Å². The lowest BCUT2D eigenvalue weighted by atomic mass is 9.81. The highest BCUT2D eigenvalue weighted by Crippen LogP contribution is 2.63. The van der Waals surface area contributed by atoms with Gasteiger partial charge in [-0.15, -0.1) is 10.2 Å². The van der Waals surface area contributed by atoms with Gasteiger partial charge in [0, 0.05) is 42.8 Å². The molecule has 0 radical (unpaired) electrons. The number of hydrogen-bond donors (Lipinski definition) is 0. The number of benzene rings is 1. The highest BCUT2D eigenvalue weighted by molar-refractivity contribution is 5.95. The monoisotopic (exact) mass is 669 g/mol. The van der Waals surface area contributed by atoms with E-state index in [2.05, 4.69) is 30.3 Å². The zero-order valence-corrected chi connectivity index (χ0v) is 29.0. The van der Waals surface area contributed by atoms with Crippen LogP contribution in [-0.2, 0) is 16.0 Å². The van der Waals surface area contributed by atoms with E-state index in [1.807, 2.05) is 62.1 Å². The van der Waals surface area contributed by atoms with Crippen LogP contribution in [0.2, 0.25) is 0 Å². The Kier molecular flexibility index (Phi) is 8.20. The number of fused-ring (bicyclic) bond motifs is 1. The highest BCUT2D eigenvalue weighted by atomic mass is 16.6. The lowest BCUT2D eigenvalue weighted by Crippen LogP contribution is -2.54. The molecule has 49 heavy (non-hydrogen) atoms. The predicted molar refractivity (Wildman–Crippen MR) is 183 cm³/mol. The van der Waals surface area contributed by atoms with E-state index in [9.17, 15) is 4.79 Å². The van der Waals surface area contributed by atoms with E-state index in [4.69, 9.17) is 19.3 Å². The molecule has 2 saturated heterocycles. The van der Waals surface area contributed by atoms with Crippen molar-refractivity contribution < 1.29 is 19.0 Å². The van der Waals surface area contributed by atoms with Crippen LogP contribution >= 0.6 is 0 Å². The molecule has 2 aliphatic heterocycles. The molecule has 5 heterocycles. The number of rotatable bonds is 8. The number of amides is 1. The van der Waals surface area contributed by atoms with Crippen molar-refractivity contribution in [1.29, 1.82) is 0 Å². The van der Waals surface area contributed by atoms with Crippen LogP contribution in [0.3, 0.4) is 0 Å². The second kappa shape index (κ2) is 12.6. The summed E-state index contributed by atoms with van der Waals surface area (Å²) < 4.78 is 21.3. The first kappa shape index (κ1) is 32.0. The molecule has 3 aromatic heterocycles. The molecule has 3 unspecified atom stereocenters. The van der Waals surface area contributed by atoms with Crippen molar-refractivity contribution in [3.8, 4) is 17.0 Å². The number of carbonyl (C=O) groups is 1. The number of aromatic nitrogens is 7. The van der Waals surface area contributed by atoms with Gasteiger partial charge in [0.15, 0.2) is 12.0 Å². The van der Waals surface area contributed by atoms with Crippen LogP contribution in [0.1, 0.15) is 90.5 Å². The molecule has 4 aliphatic rings. The number of ether oxygens (including phenoxy) is 3. The van der Waals surface area contributed by atoms with Gasteiger partial charge in [-0.1, -0.05) is 11.6 Å². The second-order valence-corrected chi connectivity index (χ2v) is 15.3. The molecule has 13 heteroatoms. The van der Waals surface area contributed by atoms with Gasteiger partial charge in [0.25, 0.3) is 0 Å². The Hall–Kier alpha value is -4.26. The maximum atomic E-state index is 13.5. The van der Waals surface area contributed by atoms with Gasteiger partial charge in [-0.25, -0.2) is 14.2 Å². The number of nitrogens with zero attached hydrogens (tertiary/aromatic N) is 9. The first-order valence-corrected chi connectivity index (χ1v) is 17.9. The minimum Gasteiger partial charge on any atom is -0.497 e. The normalized spacial score (nSPS) is 23.3. The molecule has 13 nitrogen and oxygen atoms in total. The topological polar surface area (TPSA) is 126 Å². The SMILES string of the molecule is COc1cc(-c2cn(Cc3ccc(N4CCCC(N(C(=O)OC(C)(C)C)C5CC56CCC6)C4)nn3)nn2)c2cnn(C3CCCCO3)c2c1. The maximum Gasteiger partial charge on any atom is 0.410 e. The molecule has 2 aliphatic carbocycles. The van der Waals surface area contributed by atoms with Crippen LogP contribution in [0.25, 0.3) is 22.2 Å². The van der Waals surface area contributed by atoms with Crippen LogP contribution < -0.4 is 9.64 Å². The Morgan fingerprint density at radius 2 is 1.96 bits per heavy atom. The molecule has 260 valence electrons. The Bertz CT molecular complexity index is 1800. The number of piperidine rings is 1. The molecule has 1 amide bonds. The molecule has 0 bridgehead atoms. The molecule has 0 N–H and O–H groups in total. The van der Waals surface area contributed by atoms with Crippen LogP contribution in [-0.4, -0.2) is 90.5 Å². The van der Waals surface area contributed by atoms with Crippen molar-refractivity contribution in [2.45, 2.75) is 109 Å². The molecule has 4 fully saturated rings. The van der Waals surface area contributed by atoms with E-state index < -0.39 is 5.60 Å². The van der Waals surface area contributed by atoms with Gasteiger partial charge in [0.2, 0.25) is 0 Å². The standard InChI is InChI=1S/C36H47N9O4/c1-35(2,3)49-34(46)44(31-19-36(31)13-8-14-36)25-9-7-15-42(22-25)32-12-11-24(38-40-32)21-43-23-29(39-41-43)27-17-26(47-4)18-30-28(27)20-37-45(30)33-10-5-6-16-48-33/h11-12,17-18,20,23,25,31,33H,5-10,13-16,19,21-22H2,1-4H3. The van der Waals surface area contributed by atoms with Gasteiger partial charge in [0.1, 0.15) is 17.0 Å². The van der Waals surface area contributed by atoms with E-state index in [1.165, 1.54) is 19.3 Å². The van der Waals surface area contributed by atoms with E-state index in [-0.39, 0.29) is 24.4 Å². The number of carbonyl (C=O) groups excluding carboxylic acids is 1. The van der Waals surface area contributed by atoms with Gasteiger partial charge in [-0.3, -0.25) is 4.90 Å². The fraction of sp³-hybridized carbons (Fsp3) is 0.611. The van der Waals surface area contributed by atoms with Crippen molar-refractivity contribution in [1.82, 2.24) is 39.9 Å². The Morgan fingerprint density at radius 1 is 1.08 bits per heavy atom. The Balaban J connectivity index is 0.962. The molecule has 2 saturated carbocycles. The van der Waals surface area contributed by atoms with Crippen LogP contribution in [0.4, 0.5) is 10.6 Å². The van der Waals surface area contributed by atoms with Gasteiger partial charge < -0.3 is 19.1 Å². The minimum absolute atomic E-state index is 0.0826. The predicted octanol–water partition coefficient (Wildman–Crippen LogP) is 5.99. The summed E-state index contributed by atoms with van der Waals surface area (Å²) in [6.45, 7) is 8.62. The third kappa shape index (κ3) is 6.33. The molecule has 1 aromatic carbocycles. The van der Waals surface area contributed by atoms with Crippen molar-refractivity contribution in [2.75, 3.05) is 31.7 Å². The average molecular weight is 670 g/mol. The summed E-state index contributed by atoms with van der Waals surface area (Å²) in [6, 6.07) is 8.39. The third-order valence-electron chi connectivity index (χ3n) is 10.7. The molecule has 8 rings (SSSR count). The Labute approximate surface area is 286 Å². The average Bonchev–Trinajstić information content (AvgIpc) is 3.42. The van der Waals surface area contributed by atoms with E-state index >= 15 is 0 Å². The largest absolute Gasteiger partial charge is 0.497 e.